The van der Waals surface area contributed by atoms with E-state index in [1.54, 1.807) is 0 Å². The highest BCUT2D eigenvalue weighted by Crippen LogP contribution is 2.51. The first-order chi connectivity index (χ1) is 52.2. The van der Waals surface area contributed by atoms with Gasteiger partial charge in [-0.05, 0) is 219 Å². The number of rotatable bonds is 8. The van der Waals surface area contributed by atoms with Crippen LogP contribution in [0.4, 0.5) is 34.1 Å². The van der Waals surface area contributed by atoms with Crippen LogP contribution in [0, 0.1) is 11.3 Å². The molecule has 514 valence electrons. The summed E-state index contributed by atoms with van der Waals surface area (Å²) in [5, 5.41) is 16.1. The van der Waals surface area contributed by atoms with Crippen molar-refractivity contribution in [3.8, 4) is 62.0 Å². The van der Waals surface area contributed by atoms with Gasteiger partial charge in [-0.2, -0.15) is 5.26 Å². The number of aromatic nitrogens is 2. The van der Waals surface area contributed by atoms with Crippen LogP contribution in [0.25, 0.3) is 99.5 Å². The van der Waals surface area contributed by atoms with E-state index in [2.05, 4.69) is 359 Å². The highest BCUT2D eigenvalue weighted by atomic mass is 15.2. The highest BCUT2D eigenvalue weighted by molar-refractivity contribution is 7.00. The summed E-state index contributed by atoms with van der Waals surface area (Å²) >= 11 is 0. The van der Waals surface area contributed by atoms with Gasteiger partial charge in [-0.25, -0.2) is 0 Å². The summed E-state index contributed by atoms with van der Waals surface area (Å²) in [4.78, 5) is 4.89. The van der Waals surface area contributed by atoms with Crippen LogP contribution in [-0.4, -0.2) is 15.8 Å². The molecule has 0 aliphatic carbocycles. The monoisotopic (exact) mass is 1360 g/mol. The molecular formula is C99H90BN5. The lowest BCUT2D eigenvalue weighted by molar-refractivity contribution is 0.569. The van der Waals surface area contributed by atoms with Gasteiger partial charge < -0.3 is 18.9 Å². The van der Waals surface area contributed by atoms with Crippen molar-refractivity contribution in [2.45, 2.75) is 131 Å². The van der Waals surface area contributed by atoms with E-state index < -0.39 is 24.8 Å². The molecule has 2 aliphatic heterocycles. The van der Waals surface area contributed by atoms with Crippen LogP contribution in [0.2, 0.25) is 0 Å². The maximum absolute atomic E-state index is 11.5. The Bertz CT molecular complexity index is 6230. The van der Waals surface area contributed by atoms with Gasteiger partial charge in [-0.15, -0.1) is 0 Å². The average molecular weight is 1370 g/mol. The minimum absolute atomic E-state index is 0.115. The van der Waals surface area contributed by atoms with Gasteiger partial charge in [0.05, 0.1) is 40.2 Å². The number of para-hydroxylation sites is 2. The number of hydrogen-bond donors (Lipinski definition) is 0. The first-order valence-corrected chi connectivity index (χ1v) is 37.0. The molecule has 0 spiro atoms. The maximum atomic E-state index is 11.5. The van der Waals surface area contributed by atoms with E-state index in [0.29, 0.717) is 11.1 Å². The predicted octanol–water partition coefficient (Wildman–Crippen LogP) is 25.0. The van der Waals surface area contributed by atoms with E-state index in [1.807, 2.05) is 12.1 Å². The third-order valence-electron chi connectivity index (χ3n) is 22.1. The number of benzene rings is 13. The minimum Gasteiger partial charge on any atom is -0.311 e. The van der Waals surface area contributed by atoms with Gasteiger partial charge in [0.15, 0.2) is 0 Å². The van der Waals surface area contributed by atoms with Crippen molar-refractivity contribution in [3.63, 3.8) is 0 Å². The quantitative estimate of drug-likeness (QED) is 0.142. The Labute approximate surface area is 627 Å². The molecule has 0 atom stereocenters. The molecule has 0 saturated heterocycles. The van der Waals surface area contributed by atoms with Crippen molar-refractivity contribution in [3.05, 3.63) is 306 Å². The van der Waals surface area contributed by atoms with Gasteiger partial charge in [0.2, 0.25) is 0 Å². The third kappa shape index (κ3) is 11.5. The number of hydrogen-bond acceptors (Lipinski definition) is 3. The fraction of sp³-hybridized carbons (Fsp3) is 0.202. The zero-order valence-electron chi connectivity index (χ0n) is 67.9. The van der Waals surface area contributed by atoms with Crippen molar-refractivity contribution in [1.82, 2.24) is 9.13 Å². The molecular weight excluding hydrogens is 1270 g/mol. The van der Waals surface area contributed by atoms with Crippen molar-refractivity contribution >= 4 is 101 Å². The molecule has 0 radical (unpaired) electrons. The predicted molar refractivity (Wildman–Crippen MR) is 449 cm³/mol. The Morgan fingerprint density at radius 2 is 0.743 bits per heavy atom. The van der Waals surface area contributed by atoms with Gasteiger partial charge in [-0.1, -0.05) is 274 Å². The van der Waals surface area contributed by atoms with Crippen LogP contribution in [-0.2, 0) is 27.1 Å². The Balaban J connectivity index is 1.04. The summed E-state index contributed by atoms with van der Waals surface area (Å²) in [6.45, 7) is 33.8. The Morgan fingerprint density at radius 3 is 1.32 bits per heavy atom. The molecule has 105 heavy (non-hydrogen) atoms. The molecule has 0 bridgehead atoms. The molecule has 2 aromatic heterocycles. The lowest BCUT2D eigenvalue weighted by Crippen LogP contribution is -2.61. The zero-order chi connectivity index (χ0) is 77.3. The van der Waals surface area contributed by atoms with Crippen LogP contribution in [0.3, 0.4) is 0 Å². The Morgan fingerprint density at radius 1 is 0.295 bits per heavy atom. The lowest BCUT2D eigenvalue weighted by Gasteiger charge is -2.45. The van der Waals surface area contributed by atoms with Crippen molar-refractivity contribution in [2.24, 2.45) is 0 Å². The molecule has 4 heterocycles. The van der Waals surface area contributed by atoms with Crippen molar-refractivity contribution < 1.29 is 6.85 Å². The van der Waals surface area contributed by atoms with E-state index in [0.717, 1.165) is 128 Å². The van der Waals surface area contributed by atoms with Crippen LogP contribution in [0.1, 0.15) is 144 Å². The fourth-order valence-electron chi connectivity index (χ4n) is 16.3. The summed E-state index contributed by atoms with van der Waals surface area (Å²) in [6, 6.07) is 89.9. The fourth-order valence-corrected chi connectivity index (χ4v) is 16.3. The lowest BCUT2D eigenvalue weighted by atomic mass is 9.33. The van der Waals surface area contributed by atoms with E-state index in [4.69, 9.17) is 4.11 Å². The molecule has 0 fully saturated rings. The number of anilines is 6. The van der Waals surface area contributed by atoms with Crippen molar-refractivity contribution in [2.75, 3.05) is 9.80 Å². The number of nitrogens with zero attached hydrogens (tertiary/aromatic N) is 5. The third-order valence-corrected chi connectivity index (χ3v) is 22.1. The van der Waals surface area contributed by atoms with E-state index in [-0.39, 0.29) is 44.7 Å². The largest absolute Gasteiger partial charge is 0.311 e. The van der Waals surface area contributed by atoms with Crippen LogP contribution < -0.4 is 26.2 Å². The highest BCUT2D eigenvalue weighted by Gasteiger charge is 2.45. The molecule has 0 amide bonds. The molecule has 5 nitrogen and oxygen atoms in total. The topological polar surface area (TPSA) is 40.1 Å². The zero-order valence-corrected chi connectivity index (χ0v) is 62.9. The maximum Gasteiger partial charge on any atom is 0.252 e. The smallest absolute Gasteiger partial charge is 0.252 e. The molecule has 0 saturated carbocycles. The summed E-state index contributed by atoms with van der Waals surface area (Å²) < 4.78 is 51.0. The second kappa shape index (κ2) is 24.4. The summed E-state index contributed by atoms with van der Waals surface area (Å²) in [5.41, 5.74) is 26.8. The Hall–Kier alpha value is -11.4. The first-order valence-electron chi connectivity index (χ1n) is 39.5. The molecule has 13 aromatic carbocycles. The van der Waals surface area contributed by atoms with Crippen LogP contribution in [0.15, 0.2) is 273 Å². The van der Waals surface area contributed by atoms with Gasteiger partial charge in [-0.3, -0.25) is 0 Å². The van der Waals surface area contributed by atoms with Crippen LogP contribution >= 0.6 is 0 Å². The summed E-state index contributed by atoms with van der Waals surface area (Å²) in [7, 11) is 0. The van der Waals surface area contributed by atoms with Gasteiger partial charge in [0.25, 0.3) is 6.71 Å². The number of fused-ring (bicyclic) bond motifs is 10. The summed E-state index contributed by atoms with van der Waals surface area (Å²) in [6.07, 6.45) is 0. The molecule has 0 unspecified atom stereocenters. The summed E-state index contributed by atoms with van der Waals surface area (Å²) in [5.74, 6) is 0. The molecule has 6 heteroatoms. The minimum atomic E-state index is -0.460. The molecule has 17 rings (SSSR count). The second-order valence-corrected chi connectivity index (χ2v) is 34.3. The van der Waals surface area contributed by atoms with E-state index in [9.17, 15) is 8.00 Å². The van der Waals surface area contributed by atoms with Crippen molar-refractivity contribution in [1.29, 1.82) is 5.26 Å². The molecule has 2 aliphatic rings. The first kappa shape index (κ1) is 61.1. The van der Waals surface area contributed by atoms with Gasteiger partial charge >= 0.3 is 0 Å². The standard InChI is InChI=1S/C99H90BN5/c1-95(2,3)71-32-26-31-64(48-71)68-47-67(63-29-20-17-21-30-63)51-78(52-68)104-90-53-65(62-27-18-16-19-28-62)38-43-83(90)100-84-44-42-77(102-87-45-39-72(96(4,5)6)57-81(87)82-58-73(97(7,8)9)40-46-88(82)102)60-91(84)103(92-54-70(55-93(104)94(92)100)69-49-74(98(10,11)12)56-75(50-69)99(13,14)15)76-41-37-66(61-101)89(59-76)105-85-35-24-22-33-79(85)80-34-23-25-36-86(80)105/h16-60H,1-15H3/i16D,18D,19D,27D,28D. The molecule has 0 N–H and O–H groups in total. The Kier molecular flexibility index (Phi) is 14.2. The normalized spacial score (nSPS) is 13.9. The van der Waals surface area contributed by atoms with E-state index >= 15 is 0 Å². The van der Waals surface area contributed by atoms with Gasteiger partial charge in [0, 0.05) is 61.4 Å². The SMILES string of the molecule is [2H]c1c([2H])c([2H])c(-c2ccc3c(c2)N(c2cc(-c4ccccc4)cc(-c4cccc(C(C)(C)C)c4)c2)c2cc(-c4cc(C(C)(C)C)cc(C(C)(C)C)c4)cc4c2B3c2ccc(-n3c5ccc(C(C)(C)C)cc5c5cc(C(C)(C)C)ccc53)cc2N4c2ccc(C#N)c(-n3c4ccccc4c4ccccc43)c2)c([2H])c1[2H]. The van der Waals surface area contributed by atoms with Crippen LogP contribution in [0.5, 0.6) is 0 Å². The second-order valence-electron chi connectivity index (χ2n) is 34.3. The molecule has 15 aromatic rings. The average Bonchev–Trinajstić information content (AvgIpc) is 0.881. The van der Waals surface area contributed by atoms with E-state index in [1.165, 1.54) is 38.6 Å². The van der Waals surface area contributed by atoms with Gasteiger partial charge in [0.1, 0.15) is 6.07 Å². The number of nitriles is 1.